The average molecular weight is 251 g/mol. The van der Waals surface area contributed by atoms with E-state index < -0.39 is 0 Å². The largest absolute Gasteiger partial charge is 0.390 e. The van der Waals surface area contributed by atoms with Gasteiger partial charge in [-0.15, -0.1) is 16.4 Å². The van der Waals surface area contributed by atoms with Crippen LogP contribution in [0.5, 0.6) is 0 Å². The zero-order valence-corrected chi connectivity index (χ0v) is 10.8. The first-order chi connectivity index (χ1) is 8.36. The van der Waals surface area contributed by atoms with Crippen LogP contribution in [0, 0.1) is 0 Å². The molecule has 0 amide bonds. The van der Waals surface area contributed by atoms with Gasteiger partial charge in [-0.3, -0.25) is 0 Å². The van der Waals surface area contributed by atoms with E-state index in [0.29, 0.717) is 5.69 Å². The van der Waals surface area contributed by atoms with Crippen LogP contribution >= 0.6 is 11.3 Å². The van der Waals surface area contributed by atoms with Crippen LogP contribution in [0.1, 0.15) is 31.9 Å². The average Bonchev–Trinajstić information content (AvgIpc) is 2.96. The molecule has 0 aliphatic carbocycles. The Labute approximate surface area is 105 Å². The van der Waals surface area contributed by atoms with Crippen LogP contribution < -0.4 is 0 Å². The first kappa shape index (κ1) is 12.3. The Hall–Kier alpha value is -1.20. The highest BCUT2D eigenvalue weighted by atomic mass is 32.1. The summed E-state index contributed by atoms with van der Waals surface area (Å²) in [5, 5.41) is 19.5. The van der Waals surface area contributed by atoms with Crippen LogP contribution in [0.4, 0.5) is 0 Å². The summed E-state index contributed by atoms with van der Waals surface area (Å²) in [5.74, 6) is 0. The quantitative estimate of drug-likeness (QED) is 0.803. The van der Waals surface area contributed by atoms with Crippen LogP contribution in [-0.2, 0) is 13.2 Å². The lowest BCUT2D eigenvalue weighted by atomic mass is 10.2. The van der Waals surface area contributed by atoms with Gasteiger partial charge in [0.2, 0.25) is 0 Å². The third-order valence-electron chi connectivity index (χ3n) is 2.68. The molecule has 4 nitrogen and oxygen atoms in total. The fourth-order valence-electron chi connectivity index (χ4n) is 1.81. The van der Waals surface area contributed by atoms with E-state index in [1.54, 1.807) is 11.3 Å². The molecule has 92 valence electrons. The molecule has 0 spiro atoms. The van der Waals surface area contributed by atoms with Crippen LogP contribution in [0.2, 0.25) is 0 Å². The maximum absolute atomic E-state index is 9.29. The topological polar surface area (TPSA) is 50.9 Å². The normalized spacial score (nSPS) is 10.9. The van der Waals surface area contributed by atoms with Gasteiger partial charge in [-0.2, -0.15) is 0 Å². The number of nitrogens with zero attached hydrogens (tertiary/aromatic N) is 3. The van der Waals surface area contributed by atoms with Gasteiger partial charge < -0.3 is 5.11 Å². The molecule has 0 bridgehead atoms. The minimum atomic E-state index is -0.0546. The van der Waals surface area contributed by atoms with Gasteiger partial charge >= 0.3 is 0 Å². The Morgan fingerprint density at radius 3 is 2.94 bits per heavy atom. The minimum absolute atomic E-state index is 0.0546. The number of aryl methyl sites for hydroxylation is 1. The van der Waals surface area contributed by atoms with Crippen molar-refractivity contribution in [3.8, 4) is 10.6 Å². The van der Waals surface area contributed by atoms with Crippen molar-refractivity contribution in [2.75, 3.05) is 0 Å². The highest BCUT2D eigenvalue weighted by molar-refractivity contribution is 7.13. The molecule has 0 saturated heterocycles. The maximum atomic E-state index is 9.29. The molecule has 0 atom stereocenters. The molecule has 2 aromatic rings. The van der Waals surface area contributed by atoms with Gasteiger partial charge in [-0.25, -0.2) is 4.68 Å². The number of rotatable bonds is 6. The summed E-state index contributed by atoms with van der Waals surface area (Å²) in [7, 11) is 0. The number of unbranched alkanes of at least 4 members (excludes halogenated alkanes) is 2. The van der Waals surface area contributed by atoms with E-state index in [4.69, 9.17) is 0 Å². The lowest BCUT2D eigenvalue weighted by Crippen LogP contribution is -2.02. The molecule has 0 aliphatic rings. The number of thiophene rings is 1. The van der Waals surface area contributed by atoms with E-state index in [1.165, 1.54) is 12.8 Å². The van der Waals surface area contributed by atoms with Crippen LogP contribution in [-0.4, -0.2) is 20.1 Å². The van der Waals surface area contributed by atoms with E-state index in [0.717, 1.165) is 23.5 Å². The summed E-state index contributed by atoms with van der Waals surface area (Å²) in [6.45, 7) is 3.00. The summed E-state index contributed by atoms with van der Waals surface area (Å²) < 4.78 is 1.91. The van der Waals surface area contributed by atoms with Gasteiger partial charge in [0.25, 0.3) is 0 Å². The lowest BCUT2D eigenvalue weighted by Gasteiger charge is -2.05. The number of aliphatic hydroxyl groups is 1. The van der Waals surface area contributed by atoms with Gasteiger partial charge in [0.1, 0.15) is 11.4 Å². The molecule has 2 rings (SSSR count). The molecule has 0 saturated carbocycles. The van der Waals surface area contributed by atoms with E-state index in [-0.39, 0.29) is 6.61 Å². The second-order valence-electron chi connectivity index (χ2n) is 3.95. The summed E-state index contributed by atoms with van der Waals surface area (Å²) in [6.07, 6.45) is 3.48. The minimum Gasteiger partial charge on any atom is -0.390 e. The Bertz CT molecular complexity index is 450. The Balaban J connectivity index is 2.24. The smallest absolute Gasteiger partial charge is 0.117 e. The van der Waals surface area contributed by atoms with Crippen molar-refractivity contribution in [3.63, 3.8) is 0 Å². The predicted octanol–water partition coefficient (Wildman–Crippen LogP) is 2.69. The van der Waals surface area contributed by atoms with Crippen LogP contribution in [0.25, 0.3) is 10.6 Å². The third-order valence-corrected chi connectivity index (χ3v) is 3.56. The number of aromatic nitrogens is 3. The van der Waals surface area contributed by atoms with Gasteiger partial charge in [-0.1, -0.05) is 31.0 Å². The summed E-state index contributed by atoms with van der Waals surface area (Å²) in [4.78, 5) is 1.12. The highest BCUT2D eigenvalue weighted by Crippen LogP contribution is 2.27. The second-order valence-corrected chi connectivity index (χ2v) is 4.90. The van der Waals surface area contributed by atoms with Crippen molar-refractivity contribution in [2.45, 2.75) is 39.3 Å². The monoisotopic (exact) mass is 251 g/mol. The van der Waals surface area contributed by atoms with Crippen LogP contribution in [0.15, 0.2) is 17.5 Å². The summed E-state index contributed by atoms with van der Waals surface area (Å²) in [5.41, 5.74) is 1.64. The molecule has 1 N–H and O–H groups in total. The SMILES string of the molecule is CCCCCn1nnc(CO)c1-c1cccs1. The first-order valence-corrected chi connectivity index (χ1v) is 6.82. The summed E-state index contributed by atoms with van der Waals surface area (Å²) >= 11 is 1.65. The Morgan fingerprint density at radius 1 is 1.41 bits per heavy atom. The number of hydrogen-bond donors (Lipinski definition) is 1. The third kappa shape index (κ3) is 2.73. The van der Waals surface area contributed by atoms with E-state index >= 15 is 0 Å². The molecule has 2 heterocycles. The van der Waals surface area contributed by atoms with Crippen LogP contribution in [0.3, 0.4) is 0 Å². The molecule has 2 aromatic heterocycles. The summed E-state index contributed by atoms with van der Waals surface area (Å²) in [6, 6.07) is 4.05. The van der Waals surface area contributed by atoms with E-state index in [9.17, 15) is 5.11 Å². The second kappa shape index (κ2) is 5.93. The Morgan fingerprint density at radius 2 is 2.29 bits per heavy atom. The maximum Gasteiger partial charge on any atom is 0.117 e. The fraction of sp³-hybridized carbons (Fsp3) is 0.500. The van der Waals surface area contributed by atoms with Gasteiger partial charge in [0.15, 0.2) is 0 Å². The standard InChI is InChI=1S/C12H17N3OS/c1-2-3-4-7-15-12(10(9-16)13-14-15)11-6-5-8-17-11/h5-6,8,16H,2-4,7,9H2,1H3. The predicted molar refractivity (Wildman–Crippen MR) is 68.8 cm³/mol. The molecule has 0 radical (unpaired) electrons. The zero-order chi connectivity index (χ0) is 12.1. The van der Waals surface area contributed by atoms with E-state index in [1.807, 2.05) is 22.2 Å². The number of hydrogen-bond acceptors (Lipinski definition) is 4. The van der Waals surface area contributed by atoms with Gasteiger partial charge in [0, 0.05) is 6.54 Å². The van der Waals surface area contributed by atoms with Gasteiger partial charge in [0.05, 0.1) is 11.5 Å². The molecule has 0 unspecified atom stereocenters. The zero-order valence-electron chi connectivity index (χ0n) is 9.96. The fourth-order valence-corrected chi connectivity index (χ4v) is 2.60. The molecular weight excluding hydrogens is 234 g/mol. The highest BCUT2D eigenvalue weighted by Gasteiger charge is 2.14. The molecule has 0 aliphatic heterocycles. The van der Waals surface area contributed by atoms with E-state index in [2.05, 4.69) is 17.2 Å². The molecule has 0 fully saturated rings. The van der Waals surface area contributed by atoms with Crippen molar-refractivity contribution in [2.24, 2.45) is 0 Å². The van der Waals surface area contributed by atoms with Crippen molar-refractivity contribution >= 4 is 11.3 Å². The molecular formula is C12H17N3OS. The number of aliphatic hydroxyl groups excluding tert-OH is 1. The van der Waals surface area contributed by atoms with Crippen molar-refractivity contribution in [1.82, 2.24) is 15.0 Å². The first-order valence-electron chi connectivity index (χ1n) is 5.94. The molecule has 0 aromatic carbocycles. The molecule has 5 heteroatoms. The van der Waals surface area contributed by atoms with Crippen molar-refractivity contribution in [3.05, 3.63) is 23.2 Å². The van der Waals surface area contributed by atoms with Crippen molar-refractivity contribution < 1.29 is 5.11 Å². The van der Waals surface area contributed by atoms with Gasteiger partial charge in [-0.05, 0) is 17.9 Å². The lowest BCUT2D eigenvalue weighted by molar-refractivity contribution is 0.277. The Kier molecular flexibility index (Phi) is 4.28. The van der Waals surface area contributed by atoms with Crippen molar-refractivity contribution in [1.29, 1.82) is 0 Å². The molecule has 17 heavy (non-hydrogen) atoms.